The number of benzene rings is 5. The van der Waals surface area contributed by atoms with E-state index in [1.165, 1.54) is 55.2 Å². The lowest BCUT2D eigenvalue weighted by Crippen LogP contribution is -2.11. The van der Waals surface area contributed by atoms with Gasteiger partial charge in [-0.1, -0.05) is 81.4 Å². The molecule has 0 saturated carbocycles. The molecule has 0 atom stereocenters. The van der Waals surface area contributed by atoms with E-state index in [0.29, 0.717) is 5.89 Å². The summed E-state index contributed by atoms with van der Waals surface area (Å²) in [6, 6.07) is 39.0. The molecule has 4 nitrogen and oxygen atoms in total. The monoisotopic (exact) mass is 559 g/mol. The van der Waals surface area contributed by atoms with E-state index >= 15 is 0 Å². The zero-order chi connectivity index (χ0) is 29.5. The maximum Gasteiger partial charge on any atom is 0.227 e. The average Bonchev–Trinajstić information content (AvgIpc) is 3.67. The molecule has 3 aromatic heterocycles. The Morgan fingerprint density at radius 1 is 0.651 bits per heavy atom. The van der Waals surface area contributed by atoms with Gasteiger partial charge in [0, 0.05) is 27.4 Å². The van der Waals surface area contributed by atoms with E-state index in [1.54, 1.807) is 0 Å². The van der Waals surface area contributed by atoms with Crippen molar-refractivity contribution < 1.29 is 4.42 Å². The fourth-order valence-corrected chi connectivity index (χ4v) is 6.72. The molecular weight excluding hydrogens is 526 g/mol. The van der Waals surface area contributed by atoms with Crippen LogP contribution in [0.3, 0.4) is 0 Å². The van der Waals surface area contributed by atoms with Crippen LogP contribution in [0.1, 0.15) is 37.5 Å². The van der Waals surface area contributed by atoms with E-state index in [-0.39, 0.29) is 5.41 Å². The SMILES string of the molecule is Cc1cc(-c2nc3ccccc3o2)cc(C)c1-n1c2ccccc2c2c3ccccc3n(-c3ccc(C(C)(C)C)cc3)c21. The number of hydrogen-bond acceptors (Lipinski definition) is 2. The van der Waals surface area contributed by atoms with E-state index in [2.05, 4.69) is 129 Å². The Morgan fingerprint density at radius 2 is 1.23 bits per heavy atom. The van der Waals surface area contributed by atoms with Gasteiger partial charge >= 0.3 is 0 Å². The molecule has 3 heterocycles. The lowest BCUT2D eigenvalue weighted by Gasteiger charge is -2.20. The smallest absolute Gasteiger partial charge is 0.227 e. The fourth-order valence-electron chi connectivity index (χ4n) is 6.72. The second kappa shape index (κ2) is 9.20. The van der Waals surface area contributed by atoms with Crippen LogP contribution in [0.5, 0.6) is 0 Å². The summed E-state index contributed by atoms with van der Waals surface area (Å²) in [5.41, 5.74) is 12.3. The Labute approximate surface area is 250 Å². The molecule has 0 spiro atoms. The number of oxazole rings is 1. The van der Waals surface area contributed by atoms with Gasteiger partial charge in [-0.05, 0) is 84.5 Å². The maximum absolute atomic E-state index is 6.16. The summed E-state index contributed by atoms with van der Waals surface area (Å²) in [6.07, 6.45) is 0. The molecule has 0 unspecified atom stereocenters. The Hall–Kier alpha value is -5.09. The molecular formula is C39H33N3O. The predicted octanol–water partition coefficient (Wildman–Crippen LogP) is 10.5. The zero-order valence-corrected chi connectivity index (χ0v) is 25.1. The number of aromatic nitrogens is 3. The summed E-state index contributed by atoms with van der Waals surface area (Å²) >= 11 is 0. The second-order valence-corrected chi connectivity index (χ2v) is 12.6. The summed E-state index contributed by atoms with van der Waals surface area (Å²) < 4.78 is 11.1. The third kappa shape index (κ3) is 3.86. The average molecular weight is 560 g/mol. The highest BCUT2D eigenvalue weighted by Gasteiger charge is 2.24. The number of fused-ring (bicyclic) bond motifs is 6. The van der Waals surface area contributed by atoms with Crippen molar-refractivity contribution in [2.45, 2.75) is 40.0 Å². The molecule has 5 aromatic carbocycles. The van der Waals surface area contributed by atoms with Gasteiger partial charge in [0.25, 0.3) is 0 Å². The van der Waals surface area contributed by atoms with Crippen LogP contribution in [0.4, 0.5) is 0 Å². The zero-order valence-electron chi connectivity index (χ0n) is 25.1. The standard InChI is InChI=1S/C39H33N3O/c1-24-22-26(37-40-31-14-8-11-17-34(31)43-37)23-25(2)36(24)42-33-16-10-7-13-30(33)35-29-12-6-9-15-32(29)41(38(35)42)28-20-18-27(19-21-28)39(3,4)5/h6-23H,1-5H3. The van der Waals surface area contributed by atoms with Crippen molar-refractivity contribution in [3.63, 3.8) is 0 Å². The van der Waals surface area contributed by atoms with Gasteiger partial charge in [0.15, 0.2) is 5.58 Å². The Kier molecular flexibility index (Phi) is 5.48. The molecule has 4 heteroatoms. The van der Waals surface area contributed by atoms with Crippen LogP contribution in [0.15, 0.2) is 114 Å². The minimum absolute atomic E-state index is 0.0895. The minimum Gasteiger partial charge on any atom is -0.436 e. The summed E-state index contributed by atoms with van der Waals surface area (Å²) in [5, 5.41) is 3.78. The Bertz CT molecular complexity index is 2280. The van der Waals surface area contributed by atoms with Crippen molar-refractivity contribution in [3.8, 4) is 22.8 Å². The van der Waals surface area contributed by atoms with Crippen LogP contribution < -0.4 is 0 Å². The number of aryl methyl sites for hydroxylation is 2. The van der Waals surface area contributed by atoms with Gasteiger partial charge in [-0.3, -0.25) is 9.13 Å². The quantitative estimate of drug-likeness (QED) is 0.216. The molecule has 0 aliphatic carbocycles. The third-order valence-corrected chi connectivity index (χ3v) is 8.72. The molecule has 0 fully saturated rings. The fraction of sp³-hybridized carbons (Fsp3) is 0.154. The molecule has 0 amide bonds. The maximum atomic E-state index is 6.16. The first-order chi connectivity index (χ1) is 20.8. The van der Waals surface area contributed by atoms with Gasteiger partial charge in [0.1, 0.15) is 11.2 Å². The van der Waals surface area contributed by atoms with Crippen molar-refractivity contribution in [1.82, 2.24) is 14.1 Å². The topological polar surface area (TPSA) is 35.9 Å². The highest BCUT2D eigenvalue weighted by atomic mass is 16.3. The number of para-hydroxylation sites is 4. The van der Waals surface area contributed by atoms with Gasteiger partial charge in [-0.2, -0.15) is 0 Å². The molecule has 210 valence electrons. The lowest BCUT2D eigenvalue weighted by molar-refractivity contribution is 0.590. The summed E-state index contributed by atoms with van der Waals surface area (Å²) in [6.45, 7) is 11.2. The predicted molar refractivity (Wildman–Crippen MR) is 179 cm³/mol. The first kappa shape index (κ1) is 25.6. The van der Waals surface area contributed by atoms with Crippen LogP contribution in [-0.2, 0) is 5.41 Å². The molecule has 0 radical (unpaired) electrons. The summed E-state index contributed by atoms with van der Waals surface area (Å²) in [4.78, 5) is 4.79. The van der Waals surface area contributed by atoms with Gasteiger partial charge in [-0.15, -0.1) is 0 Å². The molecule has 0 aliphatic heterocycles. The molecule has 0 aliphatic rings. The number of nitrogens with zero attached hydrogens (tertiary/aromatic N) is 3. The van der Waals surface area contributed by atoms with Crippen molar-refractivity contribution in [2.24, 2.45) is 0 Å². The largest absolute Gasteiger partial charge is 0.436 e. The van der Waals surface area contributed by atoms with Gasteiger partial charge in [-0.25, -0.2) is 4.98 Å². The van der Waals surface area contributed by atoms with E-state index < -0.39 is 0 Å². The van der Waals surface area contributed by atoms with Crippen molar-refractivity contribution in [3.05, 3.63) is 126 Å². The van der Waals surface area contributed by atoms with Crippen LogP contribution in [0.25, 0.3) is 66.8 Å². The van der Waals surface area contributed by atoms with Crippen LogP contribution in [0, 0.1) is 13.8 Å². The Morgan fingerprint density at radius 3 is 1.86 bits per heavy atom. The molecule has 0 bridgehead atoms. The lowest BCUT2D eigenvalue weighted by atomic mass is 9.87. The second-order valence-electron chi connectivity index (χ2n) is 12.6. The number of rotatable bonds is 3. The molecule has 8 aromatic rings. The van der Waals surface area contributed by atoms with E-state index in [9.17, 15) is 0 Å². The van der Waals surface area contributed by atoms with Crippen molar-refractivity contribution >= 4 is 43.9 Å². The van der Waals surface area contributed by atoms with Crippen molar-refractivity contribution in [2.75, 3.05) is 0 Å². The van der Waals surface area contributed by atoms with Crippen LogP contribution >= 0.6 is 0 Å². The molecule has 8 rings (SSSR count). The molecule has 43 heavy (non-hydrogen) atoms. The molecule has 0 saturated heterocycles. The summed E-state index contributed by atoms with van der Waals surface area (Å²) in [7, 11) is 0. The van der Waals surface area contributed by atoms with Crippen LogP contribution in [0.2, 0.25) is 0 Å². The van der Waals surface area contributed by atoms with E-state index in [1.807, 2.05) is 24.3 Å². The first-order valence-electron chi connectivity index (χ1n) is 14.9. The van der Waals surface area contributed by atoms with Gasteiger partial charge in [0.05, 0.1) is 16.7 Å². The Balaban J connectivity index is 1.44. The van der Waals surface area contributed by atoms with E-state index in [4.69, 9.17) is 9.40 Å². The highest BCUT2D eigenvalue weighted by molar-refractivity contribution is 6.22. The van der Waals surface area contributed by atoms with Crippen LogP contribution in [-0.4, -0.2) is 14.1 Å². The summed E-state index contributed by atoms with van der Waals surface area (Å²) in [5.74, 6) is 0.648. The normalized spacial score (nSPS) is 12.3. The highest BCUT2D eigenvalue weighted by Crippen LogP contribution is 2.42. The third-order valence-electron chi connectivity index (χ3n) is 8.72. The van der Waals surface area contributed by atoms with Gasteiger partial charge in [0.2, 0.25) is 5.89 Å². The first-order valence-corrected chi connectivity index (χ1v) is 14.9. The minimum atomic E-state index is 0.0895. The van der Waals surface area contributed by atoms with E-state index in [0.717, 1.165) is 22.4 Å². The van der Waals surface area contributed by atoms with Crippen molar-refractivity contribution in [1.29, 1.82) is 0 Å². The number of hydrogen-bond donors (Lipinski definition) is 0. The van der Waals surface area contributed by atoms with Gasteiger partial charge < -0.3 is 4.42 Å². The molecule has 0 N–H and O–H groups in total.